The zero-order chi connectivity index (χ0) is 21.1. The summed E-state index contributed by atoms with van der Waals surface area (Å²) in [6.07, 6.45) is 0.259. The number of ether oxygens (including phenoxy) is 1. The highest BCUT2D eigenvalue weighted by atomic mass is 79.9. The molecule has 0 aliphatic carbocycles. The molecule has 6 nitrogen and oxygen atoms in total. The molecule has 1 unspecified atom stereocenters. The molecule has 2 fully saturated rings. The third kappa shape index (κ3) is 4.68. The molecule has 30 heavy (non-hydrogen) atoms. The van der Waals surface area contributed by atoms with Crippen LogP contribution in [0.25, 0.3) is 0 Å². The van der Waals surface area contributed by atoms with Crippen molar-refractivity contribution in [2.45, 2.75) is 13.0 Å². The summed E-state index contributed by atoms with van der Waals surface area (Å²) < 4.78 is 6.37. The largest absolute Gasteiger partial charge is 0.378 e. The average molecular weight is 472 g/mol. The van der Waals surface area contributed by atoms with Crippen molar-refractivity contribution in [2.24, 2.45) is 5.92 Å². The van der Waals surface area contributed by atoms with Crippen LogP contribution in [0.4, 0.5) is 11.4 Å². The number of anilines is 2. The van der Waals surface area contributed by atoms with Gasteiger partial charge in [-0.05, 0) is 42.0 Å². The molecule has 0 N–H and O–H groups in total. The van der Waals surface area contributed by atoms with E-state index < -0.39 is 0 Å². The molecule has 2 amide bonds. The summed E-state index contributed by atoms with van der Waals surface area (Å²) in [5.41, 5.74) is 3.10. The summed E-state index contributed by atoms with van der Waals surface area (Å²) in [6.45, 7) is 4.29. The first-order valence-electron chi connectivity index (χ1n) is 10.2. The summed E-state index contributed by atoms with van der Waals surface area (Å²) in [5, 5.41) is 0. The lowest BCUT2D eigenvalue weighted by atomic mass is 10.1. The molecule has 2 aromatic carbocycles. The molecule has 2 aromatic rings. The Hall–Kier alpha value is -2.38. The van der Waals surface area contributed by atoms with Crippen LogP contribution in [0.3, 0.4) is 0 Å². The predicted molar refractivity (Wildman–Crippen MR) is 121 cm³/mol. The van der Waals surface area contributed by atoms with Crippen LogP contribution in [-0.4, -0.2) is 56.6 Å². The molecule has 0 aromatic heterocycles. The maximum absolute atomic E-state index is 13.0. The molecule has 2 aliphatic heterocycles. The Kier molecular flexibility index (Phi) is 6.39. The van der Waals surface area contributed by atoms with Crippen LogP contribution in [0.5, 0.6) is 0 Å². The van der Waals surface area contributed by atoms with E-state index in [2.05, 4.69) is 45.1 Å². The van der Waals surface area contributed by atoms with Gasteiger partial charge in [-0.2, -0.15) is 0 Å². The van der Waals surface area contributed by atoms with Gasteiger partial charge in [0.1, 0.15) is 0 Å². The van der Waals surface area contributed by atoms with Gasteiger partial charge in [-0.1, -0.05) is 28.1 Å². The van der Waals surface area contributed by atoms with E-state index in [9.17, 15) is 9.59 Å². The standard InChI is InChI=1S/C23H26BrN3O3/c1-25(15-17-2-6-20(7-3-17)26-10-12-30-13-11-26)23(29)18-14-22(28)27(16-18)21-8-4-19(24)5-9-21/h2-9,18H,10-16H2,1H3. The van der Waals surface area contributed by atoms with E-state index in [4.69, 9.17) is 4.74 Å². The van der Waals surface area contributed by atoms with Crippen LogP contribution in [0.15, 0.2) is 53.0 Å². The minimum Gasteiger partial charge on any atom is -0.378 e. The highest BCUT2D eigenvalue weighted by Gasteiger charge is 2.36. The summed E-state index contributed by atoms with van der Waals surface area (Å²) in [6, 6.07) is 16.0. The van der Waals surface area contributed by atoms with Crippen LogP contribution >= 0.6 is 15.9 Å². The van der Waals surface area contributed by atoms with Crippen LogP contribution < -0.4 is 9.80 Å². The minimum absolute atomic E-state index is 0.000985. The Balaban J connectivity index is 1.35. The molecule has 0 saturated carbocycles. The Morgan fingerprint density at radius 2 is 1.70 bits per heavy atom. The van der Waals surface area contributed by atoms with Gasteiger partial charge in [-0.15, -0.1) is 0 Å². The molecule has 7 heteroatoms. The van der Waals surface area contributed by atoms with E-state index in [1.807, 2.05) is 31.3 Å². The van der Waals surface area contributed by atoms with Gasteiger partial charge in [0, 0.05) is 55.5 Å². The number of carbonyl (C=O) groups is 2. The topological polar surface area (TPSA) is 53.1 Å². The van der Waals surface area contributed by atoms with Gasteiger partial charge in [-0.25, -0.2) is 0 Å². The minimum atomic E-state index is -0.307. The van der Waals surface area contributed by atoms with Crippen molar-refractivity contribution < 1.29 is 14.3 Å². The molecule has 0 spiro atoms. The van der Waals surface area contributed by atoms with E-state index in [0.717, 1.165) is 42.0 Å². The number of nitrogens with zero attached hydrogens (tertiary/aromatic N) is 3. The number of morpholine rings is 1. The van der Waals surface area contributed by atoms with Gasteiger partial charge in [0.2, 0.25) is 11.8 Å². The van der Waals surface area contributed by atoms with E-state index in [1.54, 1.807) is 9.80 Å². The van der Waals surface area contributed by atoms with E-state index in [-0.39, 0.29) is 24.2 Å². The summed E-state index contributed by atoms with van der Waals surface area (Å²) in [7, 11) is 1.81. The first kappa shape index (κ1) is 20.9. The molecule has 2 saturated heterocycles. The Morgan fingerprint density at radius 3 is 2.37 bits per heavy atom. The fraction of sp³-hybridized carbons (Fsp3) is 0.391. The number of amides is 2. The molecule has 2 aliphatic rings. The SMILES string of the molecule is CN(Cc1ccc(N2CCOCC2)cc1)C(=O)C1CC(=O)N(c2ccc(Br)cc2)C1. The highest BCUT2D eigenvalue weighted by molar-refractivity contribution is 9.10. The molecule has 0 radical (unpaired) electrons. The van der Waals surface area contributed by atoms with Crippen LogP contribution in [-0.2, 0) is 20.9 Å². The second-order valence-electron chi connectivity index (χ2n) is 7.84. The Morgan fingerprint density at radius 1 is 1.07 bits per heavy atom. The van der Waals surface area contributed by atoms with Gasteiger partial charge < -0.3 is 19.4 Å². The first-order valence-corrected chi connectivity index (χ1v) is 11.0. The number of rotatable bonds is 5. The second-order valence-corrected chi connectivity index (χ2v) is 8.76. The lowest BCUT2D eigenvalue weighted by Gasteiger charge is -2.29. The third-order valence-corrected chi connectivity index (χ3v) is 6.25. The van der Waals surface area contributed by atoms with Gasteiger partial charge in [0.05, 0.1) is 19.1 Å². The smallest absolute Gasteiger partial charge is 0.228 e. The van der Waals surface area contributed by atoms with Crippen molar-refractivity contribution >= 4 is 39.1 Å². The number of benzene rings is 2. The Labute approximate surface area is 185 Å². The highest BCUT2D eigenvalue weighted by Crippen LogP contribution is 2.27. The fourth-order valence-electron chi connectivity index (χ4n) is 4.04. The lowest BCUT2D eigenvalue weighted by Crippen LogP contribution is -2.36. The Bertz CT molecular complexity index is 895. The molecule has 0 bridgehead atoms. The van der Waals surface area contributed by atoms with Gasteiger partial charge >= 0.3 is 0 Å². The molecule has 158 valence electrons. The zero-order valence-corrected chi connectivity index (χ0v) is 18.7. The van der Waals surface area contributed by atoms with E-state index in [0.29, 0.717) is 13.1 Å². The van der Waals surface area contributed by atoms with Crippen molar-refractivity contribution in [3.05, 3.63) is 58.6 Å². The summed E-state index contributed by atoms with van der Waals surface area (Å²) in [5.74, 6) is -0.294. The van der Waals surface area contributed by atoms with Gasteiger partial charge in [0.25, 0.3) is 0 Å². The van der Waals surface area contributed by atoms with Crippen LogP contribution in [0, 0.1) is 5.92 Å². The van der Waals surface area contributed by atoms with Crippen molar-refractivity contribution in [3.63, 3.8) is 0 Å². The molecular formula is C23H26BrN3O3. The van der Waals surface area contributed by atoms with E-state index >= 15 is 0 Å². The number of carbonyl (C=O) groups excluding carboxylic acids is 2. The lowest BCUT2D eigenvalue weighted by molar-refractivity contribution is -0.135. The van der Waals surface area contributed by atoms with Crippen molar-refractivity contribution in [1.82, 2.24) is 4.90 Å². The predicted octanol–water partition coefficient (Wildman–Crippen LogP) is 3.30. The average Bonchev–Trinajstić information content (AvgIpc) is 3.16. The molecule has 1 atom stereocenters. The number of halogens is 1. The molecule has 2 heterocycles. The fourth-order valence-corrected chi connectivity index (χ4v) is 4.31. The number of hydrogen-bond donors (Lipinski definition) is 0. The zero-order valence-electron chi connectivity index (χ0n) is 17.1. The number of hydrogen-bond acceptors (Lipinski definition) is 4. The van der Waals surface area contributed by atoms with Gasteiger partial charge in [0.15, 0.2) is 0 Å². The quantitative estimate of drug-likeness (QED) is 0.671. The monoisotopic (exact) mass is 471 g/mol. The van der Waals surface area contributed by atoms with Crippen molar-refractivity contribution in [2.75, 3.05) is 49.7 Å². The van der Waals surface area contributed by atoms with Gasteiger partial charge in [-0.3, -0.25) is 9.59 Å². The maximum Gasteiger partial charge on any atom is 0.228 e. The normalized spacial score (nSPS) is 19.3. The van der Waals surface area contributed by atoms with E-state index in [1.165, 1.54) is 5.69 Å². The van der Waals surface area contributed by atoms with Crippen molar-refractivity contribution in [3.8, 4) is 0 Å². The van der Waals surface area contributed by atoms with Crippen molar-refractivity contribution in [1.29, 1.82) is 0 Å². The maximum atomic E-state index is 13.0. The molecular weight excluding hydrogens is 446 g/mol. The molecule has 4 rings (SSSR count). The second kappa shape index (κ2) is 9.18. The van der Waals surface area contributed by atoms with Crippen LogP contribution in [0.2, 0.25) is 0 Å². The third-order valence-electron chi connectivity index (χ3n) is 5.72. The van der Waals surface area contributed by atoms with Crippen LogP contribution in [0.1, 0.15) is 12.0 Å². The summed E-state index contributed by atoms with van der Waals surface area (Å²) in [4.78, 5) is 31.2. The summed E-state index contributed by atoms with van der Waals surface area (Å²) >= 11 is 3.41. The first-order chi connectivity index (χ1) is 14.5.